The van der Waals surface area contributed by atoms with Crippen LogP contribution in [0.15, 0.2) is 36.7 Å². The van der Waals surface area contributed by atoms with E-state index in [1.54, 1.807) is 10.9 Å². The third-order valence-corrected chi connectivity index (χ3v) is 5.61. The fourth-order valence-electron chi connectivity index (χ4n) is 3.50. The third-order valence-electron chi connectivity index (χ3n) is 5.61. The zero-order valence-corrected chi connectivity index (χ0v) is 16.4. The molecule has 1 unspecified atom stereocenters. The minimum Gasteiger partial charge on any atom is -0.221 e. The Labute approximate surface area is 153 Å². The molecule has 0 spiro atoms. The van der Waals surface area contributed by atoms with E-state index in [9.17, 15) is 0 Å². The number of rotatable bonds is 12. The monoisotopic (exact) mass is 341 g/mol. The molecule has 3 heteroatoms. The van der Waals surface area contributed by atoms with E-state index < -0.39 is 0 Å². The van der Waals surface area contributed by atoms with Gasteiger partial charge in [-0.1, -0.05) is 76.6 Å². The number of benzene rings is 1. The second-order valence-corrected chi connectivity index (χ2v) is 7.70. The summed E-state index contributed by atoms with van der Waals surface area (Å²) in [5.41, 5.74) is 3.04. The van der Waals surface area contributed by atoms with Crippen molar-refractivity contribution >= 4 is 0 Å². The first-order chi connectivity index (χ1) is 12.2. The maximum absolute atomic E-state index is 4.03. The van der Waals surface area contributed by atoms with Gasteiger partial charge in [0.25, 0.3) is 0 Å². The van der Waals surface area contributed by atoms with Gasteiger partial charge in [0.05, 0.1) is 18.1 Å². The quantitative estimate of drug-likeness (QED) is 0.420. The van der Waals surface area contributed by atoms with Gasteiger partial charge in [0, 0.05) is 0 Å². The number of hydrogen-bond donors (Lipinski definition) is 0. The molecule has 0 radical (unpaired) electrons. The van der Waals surface area contributed by atoms with Crippen molar-refractivity contribution in [2.75, 3.05) is 0 Å². The Morgan fingerprint density at radius 2 is 1.64 bits per heavy atom. The molecule has 0 amide bonds. The Morgan fingerprint density at radius 3 is 2.24 bits per heavy atom. The molecule has 0 bridgehead atoms. The van der Waals surface area contributed by atoms with Crippen molar-refractivity contribution in [3.63, 3.8) is 0 Å². The van der Waals surface area contributed by atoms with Crippen LogP contribution in [-0.4, -0.2) is 15.0 Å². The first-order valence-electron chi connectivity index (χ1n) is 10.1. The lowest BCUT2D eigenvalue weighted by Crippen LogP contribution is -2.15. The van der Waals surface area contributed by atoms with Crippen molar-refractivity contribution in [2.24, 2.45) is 5.41 Å². The van der Waals surface area contributed by atoms with Gasteiger partial charge < -0.3 is 0 Å². The van der Waals surface area contributed by atoms with Gasteiger partial charge in [-0.2, -0.15) is 0 Å². The van der Waals surface area contributed by atoms with Crippen LogP contribution in [0.5, 0.6) is 0 Å². The summed E-state index contributed by atoms with van der Waals surface area (Å²) in [4.78, 5) is 0. The van der Waals surface area contributed by atoms with E-state index in [0.29, 0.717) is 5.41 Å². The average Bonchev–Trinajstić information content (AvgIpc) is 3.18. The van der Waals surface area contributed by atoms with Gasteiger partial charge >= 0.3 is 0 Å². The molecule has 0 aliphatic heterocycles. The normalized spacial score (nSPS) is 13.7. The summed E-state index contributed by atoms with van der Waals surface area (Å²) in [6.07, 6.45) is 17.0. The summed E-state index contributed by atoms with van der Waals surface area (Å²) >= 11 is 0. The van der Waals surface area contributed by atoms with E-state index in [-0.39, 0.29) is 0 Å². The van der Waals surface area contributed by atoms with E-state index in [1.165, 1.54) is 69.8 Å². The zero-order valence-electron chi connectivity index (χ0n) is 16.4. The van der Waals surface area contributed by atoms with Crippen molar-refractivity contribution < 1.29 is 0 Å². The molecule has 0 aliphatic rings. The summed E-state index contributed by atoms with van der Waals surface area (Å²) in [7, 11) is 0. The zero-order chi connectivity index (χ0) is 18.0. The molecule has 1 aromatic carbocycles. The molecule has 0 aliphatic carbocycles. The highest BCUT2D eigenvalue weighted by atomic mass is 15.4. The van der Waals surface area contributed by atoms with Crippen LogP contribution < -0.4 is 0 Å². The van der Waals surface area contributed by atoms with Crippen molar-refractivity contribution in [3.05, 3.63) is 42.2 Å². The standard InChI is InChI=1S/C22H35N3/c1-4-6-7-9-16-22(3,5-2)17-10-8-11-20-12-14-21(15-13-20)25-19-18-23-24-25/h12-15,18-19H,4-11,16-17H2,1-3H3. The van der Waals surface area contributed by atoms with Crippen LogP contribution in [0.4, 0.5) is 0 Å². The minimum atomic E-state index is 0.546. The maximum atomic E-state index is 4.03. The molecule has 1 atom stereocenters. The number of unbranched alkanes of at least 4 members (excludes halogenated alkanes) is 4. The molecular weight excluding hydrogens is 306 g/mol. The highest BCUT2D eigenvalue weighted by molar-refractivity contribution is 5.33. The molecule has 3 nitrogen and oxygen atoms in total. The van der Waals surface area contributed by atoms with Gasteiger partial charge in [0.2, 0.25) is 0 Å². The molecule has 0 fully saturated rings. The largest absolute Gasteiger partial charge is 0.221 e. The Bertz CT molecular complexity index is 574. The van der Waals surface area contributed by atoms with Crippen LogP contribution in [0.2, 0.25) is 0 Å². The molecule has 0 N–H and O–H groups in total. The second-order valence-electron chi connectivity index (χ2n) is 7.70. The van der Waals surface area contributed by atoms with E-state index in [2.05, 4.69) is 55.3 Å². The highest BCUT2D eigenvalue weighted by Gasteiger charge is 2.20. The SMILES string of the molecule is CCCCCCC(C)(CC)CCCCc1ccc(-n2ccnn2)cc1. The first kappa shape index (κ1) is 19.7. The molecule has 25 heavy (non-hydrogen) atoms. The van der Waals surface area contributed by atoms with Gasteiger partial charge in [0.1, 0.15) is 0 Å². The molecule has 2 aromatic rings. The minimum absolute atomic E-state index is 0.546. The van der Waals surface area contributed by atoms with Crippen LogP contribution in [0.25, 0.3) is 5.69 Å². The van der Waals surface area contributed by atoms with Gasteiger partial charge in [-0.15, -0.1) is 5.10 Å². The lowest BCUT2D eigenvalue weighted by atomic mass is 9.77. The topological polar surface area (TPSA) is 30.7 Å². The molecule has 2 rings (SSSR count). The average molecular weight is 342 g/mol. The fraction of sp³-hybridized carbons (Fsp3) is 0.636. The molecule has 0 saturated carbocycles. The van der Waals surface area contributed by atoms with Crippen LogP contribution in [0, 0.1) is 5.41 Å². The van der Waals surface area contributed by atoms with Gasteiger partial charge in [-0.05, 0) is 48.8 Å². The van der Waals surface area contributed by atoms with Crippen molar-refractivity contribution in [3.8, 4) is 5.69 Å². The summed E-state index contributed by atoms with van der Waals surface area (Å²) < 4.78 is 1.80. The molecule has 138 valence electrons. The van der Waals surface area contributed by atoms with Crippen LogP contribution in [0.3, 0.4) is 0 Å². The van der Waals surface area contributed by atoms with Crippen LogP contribution >= 0.6 is 0 Å². The lowest BCUT2D eigenvalue weighted by Gasteiger charge is -2.28. The molecular formula is C22H35N3. The van der Waals surface area contributed by atoms with E-state index in [0.717, 1.165) is 5.69 Å². The van der Waals surface area contributed by atoms with Crippen molar-refractivity contribution in [1.29, 1.82) is 0 Å². The third kappa shape index (κ3) is 6.64. The summed E-state index contributed by atoms with van der Waals surface area (Å²) in [6, 6.07) is 8.71. The van der Waals surface area contributed by atoms with E-state index in [1.807, 2.05) is 6.20 Å². The van der Waals surface area contributed by atoms with Crippen molar-refractivity contribution in [1.82, 2.24) is 15.0 Å². The Balaban J connectivity index is 1.70. The molecule has 0 saturated heterocycles. The number of aryl methyl sites for hydroxylation is 1. The fourth-order valence-corrected chi connectivity index (χ4v) is 3.50. The van der Waals surface area contributed by atoms with Crippen LogP contribution in [-0.2, 0) is 6.42 Å². The summed E-state index contributed by atoms with van der Waals surface area (Å²) in [5, 5.41) is 7.89. The van der Waals surface area contributed by atoms with Gasteiger partial charge in [-0.3, -0.25) is 0 Å². The summed E-state index contributed by atoms with van der Waals surface area (Å²) in [5.74, 6) is 0. The molecule has 1 heterocycles. The van der Waals surface area contributed by atoms with Crippen LogP contribution in [0.1, 0.15) is 84.1 Å². The smallest absolute Gasteiger partial charge is 0.0697 e. The van der Waals surface area contributed by atoms with Gasteiger partial charge in [-0.25, -0.2) is 4.68 Å². The second kappa shape index (κ2) is 10.4. The molecule has 1 aromatic heterocycles. The Kier molecular flexibility index (Phi) is 8.17. The Hall–Kier alpha value is -1.64. The maximum Gasteiger partial charge on any atom is 0.0697 e. The lowest BCUT2D eigenvalue weighted by molar-refractivity contribution is 0.242. The number of hydrogen-bond acceptors (Lipinski definition) is 2. The Morgan fingerprint density at radius 1 is 0.920 bits per heavy atom. The van der Waals surface area contributed by atoms with Crippen molar-refractivity contribution in [2.45, 2.75) is 85.0 Å². The number of nitrogens with zero attached hydrogens (tertiary/aromatic N) is 3. The predicted octanol–water partition coefficient (Wildman–Crippen LogP) is 6.37. The van der Waals surface area contributed by atoms with E-state index in [4.69, 9.17) is 0 Å². The van der Waals surface area contributed by atoms with E-state index >= 15 is 0 Å². The first-order valence-corrected chi connectivity index (χ1v) is 10.1. The number of aromatic nitrogens is 3. The van der Waals surface area contributed by atoms with Gasteiger partial charge in [0.15, 0.2) is 0 Å². The highest BCUT2D eigenvalue weighted by Crippen LogP contribution is 2.34. The summed E-state index contributed by atoms with van der Waals surface area (Å²) in [6.45, 7) is 7.14. The predicted molar refractivity (Wildman–Crippen MR) is 106 cm³/mol.